The van der Waals surface area contributed by atoms with Crippen molar-refractivity contribution in [1.82, 2.24) is 0 Å². The molecule has 0 radical (unpaired) electrons. The number of carbonyl (C=O) groups is 1. The molecule has 6 nitrogen and oxygen atoms in total. The summed E-state index contributed by atoms with van der Waals surface area (Å²) in [4.78, 5) is 11.0. The van der Waals surface area contributed by atoms with Gasteiger partial charge in [-0.25, -0.2) is 16.8 Å². The Morgan fingerprint density at radius 2 is 1.30 bits per heavy atom. The number of hydrogen-bond donors (Lipinski definition) is 0. The van der Waals surface area contributed by atoms with Crippen molar-refractivity contribution in [2.75, 3.05) is 6.61 Å². The van der Waals surface area contributed by atoms with Crippen LogP contribution in [0, 0.1) is 11.5 Å². The molecule has 0 aromatic heterocycles. The van der Waals surface area contributed by atoms with Crippen molar-refractivity contribution in [3.8, 4) is 11.5 Å². The molecule has 200 valence electrons. The summed E-state index contributed by atoms with van der Waals surface area (Å²) in [5, 5.41) is 0. The van der Waals surface area contributed by atoms with E-state index in [0.29, 0.717) is 0 Å². The number of carbonyl (C=O) groups excluding carboxylic acids is 1. The first-order chi connectivity index (χ1) is 17.5. The van der Waals surface area contributed by atoms with Crippen molar-refractivity contribution in [1.29, 1.82) is 0 Å². The van der Waals surface area contributed by atoms with Crippen molar-refractivity contribution < 1.29 is 26.4 Å². The summed E-state index contributed by atoms with van der Waals surface area (Å²) in [6.07, 6.45) is 2.19. The molecule has 0 N–H and O–H groups in total. The Bertz CT molecular complexity index is 1260. The van der Waals surface area contributed by atoms with Gasteiger partial charge < -0.3 is 4.74 Å². The molecule has 2 aromatic carbocycles. The van der Waals surface area contributed by atoms with Crippen molar-refractivity contribution in [2.24, 2.45) is 0 Å². The van der Waals surface area contributed by atoms with Gasteiger partial charge >= 0.3 is 5.97 Å². The standard InChI is InChI=1S/C28H36O6S2Si/c1-5-37(6-2,7-3)24-16-22-28(21-14-15-23-34-25(4)29,35(30,31)26-17-10-8-11-18-26)36(32,33)27-19-12-9-13-20-27/h8-15,17-20H,5-7,21-23H2,1-4H3/b15-14+. The van der Waals surface area contributed by atoms with E-state index in [1.807, 2.05) is 0 Å². The highest BCUT2D eigenvalue weighted by atomic mass is 32.3. The van der Waals surface area contributed by atoms with Gasteiger partial charge in [-0.2, -0.15) is 0 Å². The number of esters is 1. The van der Waals surface area contributed by atoms with Crippen LogP contribution >= 0.6 is 0 Å². The SMILES string of the molecule is CC[Si](C#CCC(C/C=C/COC(C)=O)(S(=O)(=O)c1ccccc1)S(=O)(=O)c1ccccc1)(CC)CC. The minimum atomic E-state index is -4.44. The van der Waals surface area contributed by atoms with Crippen molar-refractivity contribution in [2.45, 2.75) is 72.5 Å². The van der Waals surface area contributed by atoms with Crippen LogP contribution in [0.3, 0.4) is 0 Å². The summed E-state index contributed by atoms with van der Waals surface area (Å²) >= 11 is 0. The van der Waals surface area contributed by atoms with Crippen molar-refractivity contribution >= 4 is 33.7 Å². The van der Waals surface area contributed by atoms with Gasteiger partial charge in [-0.15, -0.1) is 11.5 Å². The molecule has 0 atom stereocenters. The monoisotopic (exact) mass is 560 g/mol. The Morgan fingerprint density at radius 3 is 1.70 bits per heavy atom. The van der Waals surface area contributed by atoms with E-state index in [1.54, 1.807) is 36.4 Å². The highest BCUT2D eigenvalue weighted by Crippen LogP contribution is 2.41. The Labute approximate surface area is 223 Å². The zero-order valence-electron chi connectivity index (χ0n) is 21.9. The lowest BCUT2D eigenvalue weighted by Gasteiger charge is -2.31. The molecule has 0 saturated heterocycles. The number of benzene rings is 2. The second-order valence-corrected chi connectivity index (χ2v) is 18.6. The van der Waals surface area contributed by atoms with Gasteiger partial charge in [0.25, 0.3) is 0 Å². The molecule has 0 spiro atoms. The maximum atomic E-state index is 14.3. The lowest BCUT2D eigenvalue weighted by molar-refractivity contribution is -0.139. The molecule has 0 aliphatic heterocycles. The van der Waals surface area contributed by atoms with E-state index in [2.05, 4.69) is 32.2 Å². The van der Waals surface area contributed by atoms with Gasteiger partial charge in [-0.1, -0.05) is 69.3 Å². The molecule has 0 fully saturated rings. The first-order valence-electron chi connectivity index (χ1n) is 12.4. The average Bonchev–Trinajstić information content (AvgIpc) is 2.90. The first-order valence-corrected chi connectivity index (χ1v) is 18.0. The summed E-state index contributed by atoms with van der Waals surface area (Å²) in [5.74, 6) is 2.57. The predicted molar refractivity (Wildman–Crippen MR) is 150 cm³/mol. The van der Waals surface area contributed by atoms with Crippen LogP contribution in [-0.4, -0.2) is 41.6 Å². The lowest BCUT2D eigenvalue weighted by atomic mass is 10.2. The van der Waals surface area contributed by atoms with E-state index < -0.39 is 37.8 Å². The van der Waals surface area contributed by atoms with Crippen LogP contribution < -0.4 is 0 Å². The summed E-state index contributed by atoms with van der Waals surface area (Å²) in [6, 6.07) is 18.0. The molecular weight excluding hydrogens is 525 g/mol. The fourth-order valence-electron chi connectivity index (χ4n) is 4.13. The number of allylic oxidation sites excluding steroid dienone is 1. The Balaban J connectivity index is 2.82. The smallest absolute Gasteiger partial charge is 0.302 e. The average molecular weight is 561 g/mol. The van der Waals surface area contributed by atoms with Crippen LogP contribution in [0.2, 0.25) is 18.1 Å². The quantitative estimate of drug-likeness (QED) is 0.146. The molecule has 2 aromatic rings. The van der Waals surface area contributed by atoms with Gasteiger partial charge in [0.2, 0.25) is 0 Å². The second-order valence-electron chi connectivity index (χ2n) is 8.84. The van der Waals surface area contributed by atoms with Crippen LogP contribution in [0.1, 0.15) is 40.5 Å². The molecule has 9 heteroatoms. The molecule has 0 unspecified atom stereocenters. The molecule has 0 heterocycles. The number of ether oxygens (including phenoxy) is 1. The first kappa shape index (κ1) is 30.6. The van der Waals surface area contributed by atoms with E-state index in [1.165, 1.54) is 43.3 Å². The Morgan fingerprint density at radius 1 is 0.838 bits per heavy atom. The highest BCUT2D eigenvalue weighted by molar-refractivity contribution is 8.10. The van der Waals surface area contributed by atoms with Crippen molar-refractivity contribution in [3.63, 3.8) is 0 Å². The zero-order valence-corrected chi connectivity index (χ0v) is 24.6. The van der Waals surface area contributed by atoms with Crippen LogP contribution in [0.5, 0.6) is 0 Å². The van der Waals surface area contributed by atoms with E-state index >= 15 is 0 Å². The molecule has 0 aliphatic carbocycles. The van der Waals surface area contributed by atoms with Gasteiger partial charge in [0.15, 0.2) is 23.8 Å². The van der Waals surface area contributed by atoms with E-state index in [0.717, 1.165) is 18.1 Å². The van der Waals surface area contributed by atoms with Gasteiger partial charge in [0.1, 0.15) is 14.7 Å². The van der Waals surface area contributed by atoms with Crippen molar-refractivity contribution in [3.05, 3.63) is 72.8 Å². The lowest BCUT2D eigenvalue weighted by Crippen LogP contribution is -2.46. The molecule has 0 aliphatic rings. The fourth-order valence-corrected chi connectivity index (χ4v) is 11.4. The minimum absolute atomic E-state index is 0.0883. The van der Waals surface area contributed by atoms with Crippen LogP contribution in [0.4, 0.5) is 0 Å². The molecule has 0 amide bonds. The number of rotatable bonds is 12. The molecular formula is C28H36O6S2Si. The largest absolute Gasteiger partial charge is 0.462 e. The van der Waals surface area contributed by atoms with Gasteiger partial charge in [-0.05, 0) is 42.4 Å². The maximum absolute atomic E-state index is 14.3. The van der Waals surface area contributed by atoms with E-state index in [4.69, 9.17) is 4.74 Å². The summed E-state index contributed by atoms with van der Waals surface area (Å²) in [7, 11) is -10.9. The summed E-state index contributed by atoms with van der Waals surface area (Å²) < 4.78 is 59.7. The Hall–Kier alpha value is -2.67. The predicted octanol–water partition coefficient (Wildman–Crippen LogP) is 5.58. The summed E-state index contributed by atoms with van der Waals surface area (Å²) in [5.41, 5.74) is 3.37. The third kappa shape index (κ3) is 6.80. The van der Waals surface area contributed by atoms with Gasteiger partial charge in [0.05, 0.1) is 9.79 Å². The van der Waals surface area contributed by atoms with Gasteiger partial charge in [0, 0.05) is 19.8 Å². The summed E-state index contributed by atoms with van der Waals surface area (Å²) in [6.45, 7) is 7.42. The Kier molecular flexibility index (Phi) is 10.9. The van der Waals surface area contributed by atoms with Gasteiger partial charge in [-0.3, -0.25) is 4.79 Å². The topological polar surface area (TPSA) is 94.6 Å². The number of hydrogen-bond acceptors (Lipinski definition) is 6. The third-order valence-corrected chi connectivity index (χ3v) is 17.3. The maximum Gasteiger partial charge on any atom is 0.302 e. The van der Waals surface area contributed by atoms with Crippen LogP contribution in [0.15, 0.2) is 82.6 Å². The zero-order chi connectivity index (χ0) is 27.6. The van der Waals surface area contributed by atoms with E-state index in [9.17, 15) is 21.6 Å². The normalized spacial score (nSPS) is 12.6. The van der Waals surface area contributed by atoms with E-state index in [-0.39, 0.29) is 29.2 Å². The van der Waals surface area contributed by atoms with Crippen LogP contribution in [-0.2, 0) is 29.2 Å². The molecule has 37 heavy (non-hydrogen) atoms. The third-order valence-electron chi connectivity index (χ3n) is 6.81. The second kappa shape index (κ2) is 13.2. The fraction of sp³-hybridized carbons (Fsp3) is 0.393. The molecule has 0 saturated carbocycles. The molecule has 2 rings (SSSR count). The minimum Gasteiger partial charge on any atom is -0.462 e. The number of sulfone groups is 2. The van der Waals surface area contributed by atoms with Crippen LogP contribution in [0.25, 0.3) is 0 Å². The highest BCUT2D eigenvalue weighted by Gasteiger charge is 2.55. The molecule has 0 bridgehead atoms.